The molecule has 1 N–H and O–H groups in total. The quantitative estimate of drug-likeness (QED) is 0.275. The Hall–Kier alpha value is -4.42. The first-order valence-electron chi connectivity index (χ1n) is 12.7. The minimum absolute atomic E-state index is 0.132. The fourth-order valence-corrected chi connectivity index (χ4v) is 6.25. The number of allylic oxidation sites excluding steroid dienone is 1. The van der Waals surface area contributed by atoms with Crippen molar-refractivity contribution in [3.63, 3.8) is 0 Å². The van der Waals surface area contributed by atoms with Crippen LogP contribution in [0.15, 0.2) is 78.5 Å². The molecule has 5 rings (SSSR count). The van der Waals surface area contributed by atoms with Crippen LogP contribution >= 0.6 is 27.3 Å². The van der Waals surface area contributed by atoms with Crippen LogP contribution in [0.25, 0.3) is 17.4 Å². The van der Waals surface area contributed by atoms with E-state index in [1.165, 1.54) is 30.9 Å². The molecule has 4 aromatic rings. The minimum atomic E-state index is -1.04. The number of ether oxygens (including phenoxy) is 3. The zero-order chi connectivity index (χ0) is 30.1. The van der Waals surface area contributed by atoms with Crippen molar-refractivity contribution in [2.24, 2.45) is 4.99 Å². The van der Waals surface area contributed by atoms with Crippen molar-refractivity contribution in [3.05, 3.63) is 101 Å². The van der Waals surface area contributed by atoms with Gasteiger partial charge in [-0.05, 0) is 55.8 Å². The summed E-state index contributed by atoms with van der Waals surface area (Å²) in [5.74, 6) is 0.106. The maximum Gasteiger partial charge on any atom is 0.338 e. The maximum absolute atomic E-state index is 13.9. The Labute approximate surface area is 251 Å². The summed E-state index contributed by atoms with van der Waals surface area (Å²) in [6, 6.07) is 12.3. The molecule has 2 aromatic heterocycles. The predicted molar refractivity (Wildman–Crippen MR) is 159 cm³/mol. The molecule has 2 aromatic carbocycles. The molecular weight excluding hydrogens is 628 g/mol. The van der Waals surface area contributed by atoms with E-state index in [1.54, 1.807) is 56.3 Å². The molecule has 1 aliphatic heterocycles. The second-order valence-electron chi connectivity index (χ2n) is 9.12. The summed E-state index contributed by atoms with van der Waals surface area (Å²) >= 11 is 4.74. The Morgan fingerprint density at radius 1 is 1.14 bits per heavy atom. The van der Waals surface area contributed by atoms with Crippen molar-refractivity contribution >= 4 is 45.3 Å². The van der Waals surface area contributed by atoms with Crippen LogP contribution in [0, 0.1) is 0 Å². The van der Waals surface area contributed by atoms with Crippen LogP contribution in [-0.2, 0) is 9.53 Å². The van der Waals surface area contributed by atoms with Crippen LogP contribution in [0.1, 0.15) is 41.6 Å². The van der Waals surface area contributed by atoms with Gasteiger partial charge in [0.15, 0.2) is 16.3 Å². The molecule has 216 valence electrons. The smallest absolute Gasteiger partial charge is 0.338 e. The molecule has 3 heterocycles. The number of carboxylic acid groups (broad SMARTS) is 1. The number of carboxylic acids is 1. The number of benzene rings is 2. The Balaban J connectivity index is 1.67. The van der Waals surface area contributed by atoms with E-state index in [4.69, 9.17) is 18.6 Å². The van der Waals surface area contributed by atoms with E-state index >= 15 is 0 Å². The van der Waals surface area contributed by atoms with Gasteiger partial charge in [-0.15, -0.1) is 0 Å². The van der Waals surface area contributed by atoms with E-state index in [-0.39, 0.29) is 23.3 Å². The zero-order valence-electron chi connectivity index (χ0n) is 23.0. The average molecular weight is 654 g/mol. The number of halogens is 1. The van der Waals surface area contributed by atoms with E-state index in [0.717, 1.165) is 11.3 Å². The lowest BCUT2D eigenvalue weighted by atomic mass is 9.95. The van der Waals surface area contributed by atoms with Crippen molar-refractivity contribution < 1.29 is 33.3 Å². The summed E-state index contributed by atoms with van der Waals surface area (Å²) in [5, 5.41) is 9.31. The average Bonchev–Trinajstić information content (AvgIpc) is 3.56. The highest BCUT2D eigenvalue weighted by Gasteiger charge is 2.35. The molecule has 0 fully saturated rings. The Kier molecular flexibility index (Phi) is 8.19. The van der Waals surface area contributed by atoms with Gasteiger partial charge >= 0.3 is 11.9 Å². The Morgan fingerprint density at radius 3 is 2.57 bits per heavy atom. The number of hydrogen-bond donors (Lipinski definition) is 1. The molecule has 10 nitrogen and oxygen atoms in total. The summed E-state index contributed by atoms with van der Waals surface area (Å²) in [4.78, 5) is 43.5. The number of methoxy groups -OCH3 is 2. The van der Waals surface area contributed by atoms with Crippen molar-refractivity contribution in [1.29, 1.82) is 0 Å². The molecule has 0 amide bonds. The number of furan rings is 1. The fraction of sp³-hybridized carbons (Fsp3) is 0.200. The summed E-state index contributed by atoms with van der Waals surface area (Å²) in [6.07, 6.45) is 1.60. The van der Waals surface area contributed by atoms with Crippen molar-refractivity contribution in [1.82, 2.24) is 4.57 Å². The number of nitrogens with zero attached hydrogens (tertiary/aromatic N) is 2. The van der Waals surface area contributed by atoms with Gasteiger partial charge in [0.2, 0.25) is 0 Å². The summed E-state index contributed by atoms with van der Waals surface area (Å²) in [7, 11) is 3.02. The number of aromatic nitrogens is 1. The monoisotopic (exact) mass is 652 g/mol. The number of hydrogen-bond acceptors (Lipinski definition) is 9. The fourth-order valence-electron chi connectivity index (χ4n) is 4.69. The van der Waals surface area contributed by atoms with E-state index in [2.05, 4.69) is 20.9 Å². The number of aromatic carboxylic acids is 1. The van der Waals surface area contributed by atoms with Gasteiger partial charge in [-0.1, -0.05) is 39.4 Å². The van der Waals surface area contributed by atoms with Crippen molar-refractivity contribution in [2.45, 2.75) is 19.9 Å². The maximum atomic E-state index is 13.9. The van der Waals surface area contributed by atoms with Crippen LogP contribution in [0.3, 0.4) is 0 Å². The number of rotatable bonds is 8. The van der Waals surface area contributed by atoms with Crippen molar-refractivity contribution in [3.8, 4) is 22.8 Å². The standard InChI is InChI=1S/C30H25BrN2O8S/c1-5-40-29(37)25-15(2)32-30-33(26(25)19-13-22(38-3)23(39-4)14-20(19)31)27(34)24(42-30)12-18-9-10-21(41-18)16-7-6-8-17(11-16)28(35)36/h6-14,26H,5H2,1-4H3,(H,35,36)/b24-12-. The third-order valence-electron chi connectivity index (χ3n) is 6.61. The number of carbonyl (C=O) groups is 2. The van der Waals surface area contributed by atoms with E-state index in [9.17, 15) is 19.5 Å². The number of esters is 1. The minimum Gasteiger partial charge on any atom is -0.493 e. The Bertz CT molecular complexity index is 1930. The van der Waals surface area contributed by atoms with E-state index < -0.39 is 18.0 Å². The van der Waals surface area contributed by atoms with Gasteiger partial charge in [0.25, 0.3) is 5.56 Å². The highest BCUT2D eigenvalue weighted by atomic mass is 79.9. The second kappa shape index (κ2) is 11.8. The normalized spacial score (nSPS) is 14.8. The van der Waals surface area contributed by atoms with Crippen LogP contribution in [0.2, 0.25) is 0 Å². The third kappa shape index (κ3) is 5.30. The van der Waals surface area contributed by atoms with E-state index in [1.807, 2.05) is 0 Å². The SMILES string of the molecule is CCOC(=O)C1=C(C)N=c2s/c(=C\c3ccc(-c4cccc(C(=O)O)c4)o3)c(=O)n2C1c1cc(OC)c(OC)cc1Br. The van der Waals surface area contributed by atoms with Gasteiger partial charge < -0.3 is 23.7 Å². The zero-order valence-corrected chi connectivity index (χ0v) is 25.4. The highest BCUT2D eigenvalue weighted by molar-refractivity contribution is 9.10. The van der Waals surface area contributed by atoms with Crippen LogP contribution < -0.4 is 24.4 Å². The van der Waals surface area contributed by atoms with Crippen LogP contribution in [0.4, 0.5) is 0 Å². The van der Waals surface area contributed by atoms with Crippen molar-refractivity contribution in [2.75, 3.05) is 20.8 Å². The third-order valence-corrected chi connectivity index (χ3v) is 8.28. The molecular formula is C30H25BrN2O8S. The van der Waals surface area contributed by atoms with Crippen LogP contribution in [0.5, 0.6) is 11.5 Å². The second-order valence-corrected chi connectivity index (χ2v) is 11.0. The summed E-state index contributed by atoms with van der Waals surface area (Å²) in [6.45, 7) is 3.56. The summed E-state index contributed by atoms with van der Waals surface area (Å²) < 4.78 is 24.6. The van der Waals surface area contributed by atoms with Gasteiger partial charge in [0, 0.05) is 16.1 Å². The predicted octanol–water partition coefficient (Wildman–Crippen LogP) is 4.54. The van der Waals surface area contributed by atoms with E-state index in [0.29, 0.717) is 53.6 Å². The molecule has 0 bridgehead atoms. The largest absolute Gasteiger partial charge is 0.493 e. The molecule has 12 heteroatoms. The molecule has 0 aliphatic carbocycles. The van der Waals surface area contributed by atoms with Crippen LogP contribution in [-0.4, -0.2) is 42.4 Å². The first-order chi connectivity index (χ1) is 20.2. The molecule has 1 atom stereocenters. The topological polar surface area (TPSA) is 130 Å². The van der Waals surface area contributed by atoms with Gasteiger partial charge in [0.1, 0.15) is 11.5 Å². The first kappa shape index (κ1) is 29.1. The number of thiazole rings is 1. The highest BCUT2D eigenvalue weighted by Crippen LogP contribution is 2.40. The molecule has 0 saturated heterocycles. The van der Waals surface area contributed by atoms with Gasteiger partial charge in [-0.2, -0.15) is 0 Å². The lowest BCUT2D eigenvalue weighted by Gasteiger charge is -2.26. The molecule has 1 unspecified atom stereocenters. The molecule has 1 aliphatic rings. The molecule has 42 heavy (non-hydrogen) atoms. The summed E-state index contributed by atoms with van der Waals surface area (Å²) in [5.41, 5.74) is 1.56. The molecule has 0 spiro atoms. The lowest BCUT2D eigenvalue weighted by molar-refractivity contribution is -0.139. The van der Waals surface area contributed by atoms with Gasteiger partial charge in [-0.3, -0.25) is 9.36 Å². The number of fused-ring (bicyclic) bond motifs is 1. The molecule has 0 saturated carbocycles. The Morgan fingerprint density at radius 2 is 1.88 bits per heavy atom. The number of carbonyl (C=O) groups excluding carboxylic acids is 1. The van der Waals surface area contributed by atoms with Gasteiger partial charge in [-0.25, -0.2) is 14.6 Å². The lowest BCUT2D eigenvalue weighted by Crippen LogP contribution is -2.40. The van der Waals surface area contributed by atoms with Gasteiger partial charge in [0.05, 0.1) is 48.2 Å². The molecule has 0 radical (unpaired) electrons. The first-order valence-corrected chi connectivity index (χ1v) is 14.3.